The van der Waals surface area contributed by atoms with Gasteiger partial charge in [0.05, 0.1) is 23.2 Å². The predicted molar refractivity (Wildman–Crippen MR) is 128 cm³/mol. The number of piperazine rings is 1. The summed E-state index contributed by atoms with van der Waals surface area (Å²) in [6, 6.07) is 7.00. The van der Waals surface area contributed by atoms with E-state index < -0.39 is 10.0 Å². The van der Waals surface area contributed by atoms with Crippen molar-refractivity contribution in [1.29, 1.82) is 0 Å². The van der Waals surface area contributed by atoms with E-state index in [0.717, 1.165) is 44.9 Å². The Labute approximate surface area is 199 Å². The summed E-state index contributed by atoms with van der Waals surface area (Å²) < 4.78 is 34.8. The Hall–Kier alpha value is -2.10. The Balaban J connectivity index is 1.43. The van der Waals surface area contributed by atoms with Gasteiger partial charge in [0.2, 0.25) is 15.8 Å². The Morgan fingerprint density at radius 2 is 1.73 bits per heavy atom. The number of hydrogen-bond acceptors (Lipinski definition) is 6. The monoisotopic (exact) mass is 492 g/mol. The molecule has 2 aliphatic carbocycles. The molecule has 1 aromatic carbocycles. The van der Waals surface area contributed by atoms with Gasteiger partial charge in [0.25, 0.3) is 0 Å². The lowest BCUT2D eigenvalue weighted by Crippen LogP contribution is -2.52. The molecule has 3 fully saturated rings. The van der Waals surface area contributed by atoms with Crippen LogP contribution in [0.2, 0.25) is 5.02 Å². The molecule has 2 heterocycles. The first-order valence-corrected chi connectivity index (χ1v) is 13.6. The maximum Gasteiger partial charge on any atom is 0.316 e. The smallest absolute Gasteiger partial charge is 0.316 e. The van der Waals surface area contributed by atoms with Gasteiger partial charge in [0.1, 0.15) is 5.69 Å². The van der Waals surface area contributed by atoms with Crippen LogP contribution in [0.3, 0.4) is 0 Å². The van der Waals surface area contributed by atoms with E-state index in [1.54, 1.807) is 34.8 Å². The van der Waals surface area contributed by atoms with E-state index in [4.69, 9.17) is 16.3 Å². The Morgan fingerprint density at radius 1 is 1.00 bits per heavy atom. The quantitative estimate of drug-likeness (QED) is 0.615. The molecule has 2 aromatic rings. The second-order valence-corrected chi connectivity index (χ2v) is 11.7. The molecule has 0 radical (unpaired) electrons. The van der Waals surface area contributed by atoms with E-state index in [9.17, 15) is 13.2 Å². The molecule has 178 valence electrons. The molecular weight excluding hydrogens is 464 g/mol. The summed E-state index contributed by atoms with van der Waals surface area (Å²) in [4.78, 5) is 15.5. The third kappa shape index (κ3) is 4.50. The van der Waals surface area contributed by atoms with Crippen molar-refractivity contribution < 1.29 is 13.2 Å². The van der Waals surface area contributed by atoms with Gasteiger partial charge >= 0.3 is 5.56 Å². The van der Waals surface area contributed by atoms with E-state index in [1.807, 2.05) is 4.90 Å². The first-order valence-electron chi connectivity index (χ1n) is 11.7. The van der Waals surface area contributed by atoms with Crippen molar-refractivity contribution in [1.82, 2.24) is 14.1 Å². The molecule has 0 unspecified atom stereocenters. The third-order valence-electron chi connectivity index (χ3n) is 6.97. The van der Waals surface area contributed by atoms with Gasteiger partial charge < -0.3 is 9.64 Å². The van der Waals surface area contributed by atoms with Crippen LogP contribution < -0.4 is 15.2 Å². The fraction of sp³-hybridized carbons (Fsp3) is 0.565. The summed E-state index contributed by atoms with van der Waals surface area (Å²) in [5.74, 6) is 0.284. The normalized spacial score (nSPS) is 20.7. The van der Waals surface area contributed by atoms with Gasteiger partial charge in [-0.1, -0.05) is 24.1 Å². The number of sulfonamides is 1. The van der Waals surface area contributed by atoms with E-state index in [0.29, 0.717) is 42.6 Å². The molecule has 3 aliphatic rings. The number of halogens is 1. The standard InChI is InChI=1S/C23H29ClN4O4S/c24-17-5-3-6-18(15-17)28-23(29)22(32-19-7-1-2-8-19)21(16-25-28)26-11-13-27(14-12-26)33(30,31)20-9-4-10-20/h3,5-6,15-16,19-20H,1-2,4,7-14H2. The first kappa shape index (κ1) is 22.7. The van der Waals surface area contributed by atoms with Crippen LogP contribution >= 0.6 is 11.6 Å². The molecule has 10 heteroatoms. The second-order valence-electron chi connectivity index (χ2n) is 9.06. The van der Waals surface area contributed by atoms with Gasteiger partial charge in [-0.2, -0.15) is 14.1 Å². The van der Waals surface area contributed by atoms with Crippen molar-refractivity contribution in [3.63, 3.8) is 0 Å². The zero-order chi connectivity index (χ0) is 23.0. The van der Waals surface area contributed by atoms with Crippen molar-refractivity contribution in [2.75, 3.05) is 31.1 Å². The molecule has 0 spiro atoms. The number of aromatic nitrogens is 2. The van der Waals surface area contributed by atoms with E-state index in [-0.39, 0.29) is 22.7 Å². The number of nitrogens with zero attached hydrogens (tertiary/aromatic N) is 4. The topological polar surface area (TPSA) is 84.7 Å². The highest BCUT2D eigenvalue weighted by atomic mass is 35.5. The molecule has 33 heavy (non-hydrogen) atoms. The molecule has 0 N–H and O–H groups in total. The zero-order valence-corrected chi connectivity index (χ0v) is 20.1. The van der Waals surface area contributed by atoms with Crippen molar-refractivity contribution in [2.24, 2.45) is 0 Å². The fourth-order valence-corrected chi connectivity index (χ4v) is 7.00. The van der Waals surface area contributed by atoms with Gasteiger partial charge in [0.15, 0.2) is 0 Å². The van der Waals surface area contributed by atoms with Crippen LogP contribution in [0.1, 0.15) is 44.9 Å². The average Bonchev–Trinajstić information content (AvgIpc) is 3.27. The molecule has 1 aromatic heterocycles. The van der Waals surface area contributed by atoms with Crippen molar-refractivity contribution in [3.05, 3.63) is 45.8 Å². The largest absolute Gasteiger partial charge is 0.483 e. The minimum atomic E-state index is -3.23. The van der Waals surface area contributed by atoms with E-state index >= 15 is 0 Å². The minimum Gasteiger partial charge on any atom is -0.483 e. The number of ether oxygens (including phenoxy) is 1. The van der Waals surface area contributed by atoms with Gasteiger partial charge in [-0.05, 0) is 56.7 Å². The molecule has 1 saturated heterocycles. The Kier molecular flexibility index (Phi) is 6.37. The van der Waals surface area contributed by atoms with Crippen LogP contribution in [0.15, 0.2) is 35.3 Å². The van der Waals surface area contributed by atoms with Crippen molar-refractivity contribution in [2.45, 2.75) is 56.3 Å². The summed E-state index contributed by atoms with van der Waals surface area (Å²) in [6.07, 6.45) is 8.19. The zero-order valence-electron chi connectivity index (χ0n) is 18.5. The molecule has 8 nitrogen and oxygen atoms in total. The second kappa shape index (κ2) is 9.27. The van der Waals surface area contributed by atoms with Crippen LogP contribution in [0.25, 0.3) is 5.69 Å². The van der Waals surface area contributed by atoms with Crippen molar-refractivity contribution in [3.8, 4) is 11.4 Å². The molecule has 0 atom stereocenters. The van der Waals surface area contributed by atoms with Gasteiger partial charge in [-0.25, -0.2) is 8.42 Å². The molecule has 0 amide bonds. The summed E-state index contributed by atoms with van der Waals surface area (Å²) in [5, 5.41) is 4.70. The Bertz CT molecular complexity index is 1170. The van der Waals surface area contributed by atoms with Crippen LogP contribution in [0, 0.1) is 0 Å². The number of benzene rings is 1. The maximum atomic E-state index is 13.5. The Morgan fingerprint density at radius 3 is 2.36 bits per heavy atom. The summed E-state index contributed by atoms with van der Waals surface area (Å²) in [7, 11) is -3.23. The number of hydrogen-bond donors (Lipinski definition) is 0. The highest BCUT2D eigenvalue weighted by molar-refractivity contribution is 7.89. The lowest BCUT2D eigenvalue weighted by molar-refractivity contribution is 0.205. The average molecular weight is 493 g/mol. The summed E-state index contributed by atoms with van der Waals surface area (Å²) in [5.41, 5.74) is 0.879. The lowest BCUT2D eigenvalue weighted by Gasteiger charge is -2.39. The number of rotatable bonds is 6. The molecule has 1 aliphatic heterocycles. The third-order valence-corrected chi connectivity index (χ3v) is 9.60. The molecule has 2 saturated carbocycles. The summed E-state index contributed by atoms with van der Waals surface area (Å²) in [6.45, 7) is 1.79. The maximum absolute atomic E-state index is 13.5. The van der Waals surface area contributed by atoms with Gasteiger partial charge in [-0.15, -0.1) is 0 Å². The highest BCUT2D eigenvalue weighted by Crippen LogP contribution is 2.32. The fourth-order valence-electron chi connectivity index (χ4n) is 4.79. The van der Waals surface area contributed by atoms with Crippen LogP contribution in [0.5, 0.6) is 5.75 Å². The lowest BCUT2D eigenvalue weighted by atomic mass is 10.0. The summed E-state index contributed by atoms with van der Waals surface area (Å²) >= 11 is 6.13. The highest BCUT2D eigenvalue weighted by Gasteiger charge is 2.38. The van der Waals surface area contributed by atoms with Gasteiger partial charge in [0, 0.05) is 31.2 Å². The van der Waals surface area contributed by atoms with E-state index in [2.05, 4.69) is 5.10 Å². The van der Waals surface area contributed by atoms with Crippen LogP contribution in [-0.4, -0.2) is 60.0 Å². The minimum absolute atomic E-state index is 0.00643. The molecule has 5 rings (SSSR count). The first-order chi connectivity index (χ1) is 15.9. The van der Waals surface area contributed by atoms with Crippen LogP contribution in [-0.2, 0) is 10.0 Å². The number of anilines is 1. The van der Waals surface area contributed by atoms with Crippen LogP contribution in [0.4, 0.5) is 5.69 Å². The molecule has 0 bridgehead atoms. The SMILES string of the molecule is O=c1c(OC2CCCC2)c(N2CCN(S(=O)(=O)C3CCC3)CC2)cnn1-c1cccc(Cl)c1. The van der Waals surface area contributed by atoms with Gasteiger partial charge in [-0.3, -0.25) is 4.79 Å². The predicted octanol–water partition coefficient (Wildman–Crippen LogP) is 3.21. The van der Waals surface area contributed by atoms with Crippen molar-refractivity contribution >= 4 is 27.3 Å². The molecular formula is C23H29ClN4O4S. The van der Waals surface area contributed by atoms with E-state index in [1.165, 1.54) is 4.68 Å².